The SMILES string of the molecule is C=C/C=C(\C=C)c1cc(-c2cccc(-c3cccc(-c4cc(N)ccc4NS)c3)c2)cc(-c2ccccc2)n1.CC. The van der Waals surface area contributed by atoms with Crippen molar-refractivity contribution in [1.29, 1.82) is 0 Å². The number of hydrogen-bond acceptors (Lipinski definition) is 4. The monoisotopic (exact) mass is 553 g/mol. The molecular formula is C37H35N3S. The summed E-state index contributed by atoms with van der Waals surface area (Å²) in [4.78, 5) is 4.96. The number of nitrogens with zero attached hydrogens (tertiary/aromatic N) is 1. The number of hydrogen-bond donors (Lipinski definition) is 3. The van der Waals surface area contributed by atoms with Crippen molar-refractivity contribution in [1.82, 2.24) is 4.98 Å². The van der Waals surface area contributed by atoms with Gasteiger partial charge in [0.2, 0.25) is 0 Å². The van der Waals surface area contributed by atoms with Gasteiger partial charge in [0, 0.05) is 16.8 Å². The molecule has 5 aromatic rings. The van der Waals surface area contributed by atoms with Crippen molar-refractivity contribution in [2.75, 3.05) is 10.5 Å². The van der Waals surface area contributed by atoms with Gasteiger partial charge in [0.25, 0.3) is 0 Å². The molecule has 204 valence electrons. The summed E-state index contributed by atoms with van der Waals surface area (Å²) in [5.74, 6) is 0. The number of nitrogen functional groups attached to an aromatic ring is 1. The number of nitrogens with two attached hydrogens (primary N) is 1. The van der Waals surface area contributed by atoms with E-state index in [9.17, 15) is 0 Å². The lowest BCUT2D eigenvalue weighted by Gasteiger charge is -2.13. The van der Waals surface area contributed by atoms with Crippen LogP contribution < -0.4 is 10.5 Å². The van der Waals surface area contributed by atoms with Crippen molar-refractivity contribution in [3.8, 4) is 44.6 Å². The molecule has 0 aliphatic rings. The third-order valence-corrected chi connectivity index (χ3v) is 6.82. The molecule has 3 nitrogen and oxygen atoms in total. The average molecular weight is 554 g/mol. The number of pyridine rings is 1. The van der Waals surface area contributed by atoms with E-state index in [1.807, 2.05) is 62.4 Å². The summed E-state index contributed by atoms with van der Waals surface area (Å²) in [6, 6.07) is 37.3. The third-order valence-electron chi connectivity index (χ3n) is 6.57. The molecule has 4 heteroatoms. The molecule has 0 saturated heterocycles. The van der Waals surface area contributed by atoms with Crippen LogP contribution in [0.15, 0.2) is 141 Å². The van der Waals surface area contributed by atoms with Crippen LogP contribution in [0.1, 0.15) is 19.5 Å². The van der Waals surface area contributed by atoms with E-state index in [0.29, 0.717) is 5.69 Å². The lowest BCUT2D eigenvalue weighted by molar-refractivity contribution is 1.28. The molecular weight excluding hydrogens is 518 g/mol. The first-order chi connectivity index (χ1) is 20.1. The number of nitrogens with one attached hydrogen (secondary N) is 1. The quantitative estimate of drug-likeness (QED) is 0.102. The number of rotatable bonds is 8. The zero-order valence-electron chi connectivity index (χ0n) is 23.5. The summed E-state index contributed by atoms with van der Waals surface area (Å²) in [6.07, 6.45) is 5.50. The third kappa shape index (κ3) is 6.86. The molecule has 0 bridgehead atoms. The topological polar surface area (TPSA) is 50.9 Å². The zero-order valence-corrected chi connectivity index (χ0v) is 24.4. The Hall–Kier alpha value is -4.80. The van der Waals surface area contributed by atoms with E-state index in [2.05, 4.69) is 103 Å². The van der Waals surface area contributed by atoms with Crippen molar-refractivity contribution >= 4 is 29.8 Å². The summed E-state index contributed by atoms with van der Waals surface area (Å²) in [5, 5.41) is 0. The maximum atomic E-state index is 6.10. The van der Waals surface area contributed by atoms with Crippen LogP contribution in [0.4, 0.5) is 11.4 Å². The minimum atomic E-state index is 0.705. The van der Waals surface area contributed by atoms with Crippen LogP contribution in [0.3, 0.4) is 0 Å². The van der Waals surface area contributed by atoms with Crippen molar-refractivity contribution < 1.29 is 0 Å². The fourth-order valence-corrected chi connectivity index (χ4v) is 4.82. The van der Waals surface area contributed by atoms with E-state index < -0.39 is 0 Å². The molecule has 0 saturated carbocycles. The Kier molecular flexibility index (Phi) is 9.98. The van der Waals surface area contributed by atoms with Gasteiger partial charge in [-0.1, -0.05) is 125 Å². The number of benzene rings is 4. The summed E-state index contributed by atoms with van der Waals surface area (Å²) < 4.78 is 2.97. The number of allylic oxidation sites excluding steroid dienone is 4. The number of aromatic nitrogens is 1. The zero-order chi connectivity index (χ0) is 29.2. The van der Waals surface area contributed by atoms with Gasteiger partial charge in [-0.3, -0.25) is 0 Å². The van der Waals surface area contributed by atoms with Crippen molar-refractivity contribution in [2.24, 2.45) is 0 Å². The Morgan fingerprint density at radius 1 is 0.707 bits per heavy atom. The molecule has 1 heterocycles. The smallest absolute Gasteiger partial charge is 0.0715 e. The van der Waals surface area contributed by atoms with Crippen LogP contribution in [-0.2, 0) is 0 Å². The minimum Gasteiger partial charge on any atom is -0.399 e. The van der Waals surface area contributed by atoms with Crippen molar-refractivity contribution in [3.63, 3.8) is 0 Å². The van der Waals surface area contributed by atoms with E-state index in [-0.39, 0.29) is 0 Å². The maximum Gasteiger partial charge on any atom is 0.0715 e. The highest BCUT2D eigenvalue weighted by Gasteiger charge is 2.11. The largest absolute Gasteiger partial charge is 0.399 e. The van der Waals surface area contributed by atoms with Gasteiger partial charge in [0.1, 0.15) is 0 Å². The summed E-state index contributed by atoms with van der Waals surface area (Å²) in [7, 11) is 0. The van der Waals surface area contributed by atoms with Gasteiger partial charge in [-0.05, 0) is 75.9 Å². The predicted molar refractivity (Wildman–Crippen MR) is 183 cm³/mol. The molecule has 0 aliphatic heterocycles. The van der Waals surface area contributed by atoms with E-state index in [1.165, 1.54) is 0 Å². The normalized spacial score (nSPS) is 10.8. The molecule has 0 spiro atoms. The van der Waals surface area contributed by atoms with Crippen LogP contribution in [0, 0.1) is 0 Å². The molecule has 0 radical (unpaired) electrons. The highest BCUT2D eigenvalue weighted by atomic mass is 32.1. The fourth-order valence-electron chi connectivity index (χ4n) is 4.63. The molecule has 3 N–H and O–H groups in total. The Balaban J connectivity index is 0.00000189. The molecule has 5 rings (SSSR count). The maximum absolute atomic E-state index is 6.10. The highest BCUT2D eigenvalue weighted by molar-refractivity contribution is 7.81. The summed E-state index contributed by atoms with van der Waals surface area (Å²) in [5.41, 5.74) is 17.9. The lowest BCUT2D eigenvalue weighted by Crippen LogP contribution is -1.94. The Morgan fingerprint density at radius 3 is 1.95 bits per heavy atom. The first kappa shape index (κ1) is 29.2. The molecule has 0 unspecified atom stereocenters. The highest BCUT2D eigenvalue weighted by Crippen LogP contribution is 2.35. The summed E-state index contributed by atoms with van der Waals surface area (Å²) in [6.45, 7) is 11.9. The number of thiol groups is 1. The molecule has 41 heavy (non-hydrogen) atoms. The van der Waals surface area contributed by atoms with Crippen LogP contribution in [0.25, 0.3) is 50.2 Å². The Bertz CT molecular complexity index is 1690. The Morgan fingerprint density at radius 2 is 1.32 bits per heavy atom. The molecule has 4 aromatic carbocycles. The molecule has 0 amide bonds. The van der Waals surface area contributed by atoms with Gasteiger partial charge in [-0.15, -0.1) is 0 Å². The standard InChI is InChI=1S/C35H29N3S.C2H6/c1-3-10-24(4-2)34-21-30(22-35(37-34)25-11-6-5-7-12-25)28-15-8-13-26(19-28)27-14-9-16-29(20-27)32-23-31(36)17-18-33(32)38-39;1-2/h3-23,38-39H,1-2,36H2;1-2H3/b24-10+;. The second-order valence-electron chi connectivity index (χ2n) is 9.13. The molecule has 0 aliphatic carbocycles. The van der Waals surface area contributed by atoms with E-state index in [1.54, 1.807) is 6.08 Å². The average Bonchev–Trinajstić information content (AvgIpc) is 3.05. The van der Waals surface area contributed by atoms with Crippen LogP contribution in [-0.4, -0.2) is 4.98 Å². The summed E-state index contributed by atoms with van der Waals surface area (Å²) >= 11 is 4.28. The van der Waals surface area contributed by atoms with Crippen LogP contribution >= 0.6 is 12.8 Å². The van der Waals surface area contributed by atoms with Gasteiger partial charge in [0.15, 0.2) is 0 Å². The first-order valence-electron chi connectivity index (χ1n) is 13.6. The predicted octanol–water partition coefficient (Wildman–Crippen LogP) is 10.4. The second kappa shape index (κ2) is 14.0. The van der Waals surface area contributed by atoms with Crippen molar-refractivity contribution in [3.05, 3.63) is 146 Å². The molecule has 1 aromatic heterocycles. The lowest BCUT2D eigenvalue weighted by atomic mass is 9.94. The molecule has 0 fully saturated rings. The number of anilines is 2. The minimum absolute atomic E-state index is 0.705. The van der Waals surface area contributed by atoms with Gasteiger partial charge >= 0.3 is 0 Å². The van der Waals surface area contributed by atoms with Gasteiger partial charge in [-0.25, -0.2) is 4.98 Å². The van der Waals surface area contributed by atoms with E-state index in [4.69, 9.17) is 10.7 Å². The Labute approximate surface area is 249 Å². The van der Waals surface area contributed by atoms with Crippen LogP contribution in [0.2, 0.25) is 0 Å². The first-order valence-corrected chi connectivity index (χ1v) is 14.1. The van der Waals surface area contributed by atoms with E-state index in [0.717, 1.165) is 61.6 Å². The second-order valence-corrected chi connectivity index (χ2v) is 9.36. The van der Waals surface area contributed by atoms with E-state index >= 15 is 0 Å². The van der Waals surface area contributed by atoms with Gasteiger partial charge in [0.05, 0.1) is 17.1 Å². The van der Waals surface area contributed by atoms with Gasteiger partial charge in [-0.2, -0.15) is 0 Å². The fraction of sp³-hybridized carbons (Fsp3) is 0.0541. The van der Waals surface area contributed by atoms with Crippen molar-refractivity contribution in [2.45, 2.75) is 13.8 Å². The van der Waals surface area contributed by atoms with Crippen LogP contribution in [0.5, 0.6) is 0 Å². The molecule has 0 atom stereocenters. The van der Waals surface area contributed by atoms with Gasteiger partial charge < -0.3 is 10.5 Å².